The Kier molecular flexibility index (Phi) is 9.31. The summed E-state index contributed by atoms with van der Waals surface area (Å²) < 4.78 is 18.8. The molecule has 178 valence electrons. The monoisotopic (exact) mass is 502 g/mol. The molecule has 3 aromatic carbocycles. The van der Waals surface area contributed by atoms with Gasteiger partial charge in [0.1, 0.15) is 17.6 Å². The van der Waals surface area contributed by atoms with E-state index < -0.39 is 17.8 Å². The van der Waals surface area contributed by atoms with Crippen LogP contribution in [0.1, 0.15) is 18.1 Å². The predicted molar refractivity (Wildman–Crippen MR) is 132 cm³/mol. The standard InChI is InChI=1S/C26H25Cl2FN2O3/c1-2-30-26(33)24(15-18-6-4-3-5-7-18)31(16-19-8-13-22(27)23(28)14-19)25(32)17-34-21-11-9-20(29)10-12-21/h3-14,24H,2,15-17H2,1H3,(H,30,33)/t24-/m0/s1. The molecule has 0 aliphatic heterocycles. The van der Waals surface area contributed by atoms with E-state index in [1.54, 1.807) is 18.2 Å². The summed E-state index contributed by atoms with van der Waals surface area (Å²) >= 11 is 12.2. The number of hydrogen-bond donors (Lipinski definition) is 1. The molecular formula is C26H25Cl2FN2O3. The van der Waals surface area contributed by atoms with Gasteiger partial charge in [-0.2, -0.15) is 0 Å². The Morgan fingerprint density at radius 1 is 0.971 bits per heavy atom. The number of halogens is 3. The highest BCUT2D eigenvalue weighted by Crippen LogP contribution is 2.24. The molecule has 0 spiro atoms. The van der Waals surface area contributed by atoms with E-state index >= 15 is 0 Å². The number of carbonyl (C=O) groups excluding carboxylic acids is 2. The number of carbonyl (C=O) groups is 2. The number of nitrogens with one attached hydrogen (secondary N) is 1. The van der Waals surface area contributed by atoms with Crippen LogP contribution in [0.25, 0.3) is 0 Å². The van der Waals surface area contributed by atoms with Gasteiger partial charge in [-0.1, -0.05) is 59.6 Å². The first-order chi connectivity index (χ1) is 16.4. The smallest absolute Gasteiger partial charge is 0.261 e. The lowest BCUT2D eigenvalue weighted by molar-refractivity contribution is -0.142. The maximum absolute atomic E-state index is 13.4. The molecule has 0 radical (unpaired) electrons. The Morgan fingerprint density at radius 3 is 2.32 bits per heavy atom. The average Bonchev–Trinajstić information content (AvgIpc) is 2.83. The molecule has 0 fully saturated rings. The number of ether oxygens (including phenoxy) is 1. The van der Waals surface area contributed by atoms with Crippen molar-refractivity contribution < 1.29 is 18.7 Å². The second-order valence-corrected chi connectivity index (χ2v) is 8.43. The van der Waals surface area contributed by atoms with Crippen LogP contribution >= 0.6 is 23.2 Å². The van der Waals surface area contributed by atoms with Gasteiger partial charge in [0, 0.05) is 19.5 Å². The molecule has 1 atom stereocenters. The highest BCUT2D eigenvalue weighted by molar-refractivity contribution is 6.42. The molecule has 1 N–H and O–H groups in total. The fourth-order valence-electron chi connectivity index (χ4n) is 3.44. The molecule has 34 heavy (non-hydrogen) atoms. The van der Waals surface area contributed by atoms with Gasteiger partial charge in [0.25, 0.3) is 5.91 Å². The summed E-state index contributed by atoms with van der Waals surface area (Å²) in [6, 6.07) is 19.1. The van der Waals surface area contributed by atoms with Gasteiger partial charge in [0.05, 0.1) is 10.0 Å². The van der Waals surface area contributed by atoms with E-state index in [0.717, 1.165) is 5.56 Å². The van der Waals surface area contributed by atoms with Crippen LogP contribution in [0.2, 0.25) is 10.0 Å². The number of amides is 2. The van der Waals surface area contributed by atoms with Crippen molar-refractivity contribution in [3.8, 4) is 5.75 Å². The molecule has 2 amide bonds. The van der Waals surface area contributed by atoms with Crippen molar-refractivity contribution >= 4 is 35.0 Å². The zero-order chi connectivity index (χ0) is 24.5. The number of hydrogen-bond acceptors (Lipinski definition) is 3. The lowest BCUT2D eigenvalue weighted by Crippen LogP contribution is -2.51. The minimum Gasteiger partial charge on any atom is -0.484 e. The van der Waals surface area contributed by atoms with E-state index in [1.165, 1.54) is 29.2 Å². The molecule has 0 unspecified atom stereocenters. The molecule has 3 aromatic rings. The number of rotatable bonds is 10. The Balaban J connectivity index is 1.90. The maximum atomic E-state index is 13.4. The second kappa shape index (κ2) is 12.4. The van der Waals surface area contributed by atoms with Gasteiger partial charge in [0.15, 0.2) is 6.61 Å². The van der Waals surface area contributed by atoms with E-state index in [9.17, 15) is 14.0 Å². The van der Waals surface area contributed by atoms with Crippen molar-refractivity contribution in [2.45, 2.75) is 25.9 Å². The lowest BCUT2D eigenvalue weighted by Gasteiger charge is -2.31. The molecule has 0 aliphatic rings. The van der Waals surface area contributed by atoms with Gasteiger partial charge in [-0.05, 0) is 54.4 Å². The molecular weight excluding hydrogens is 478 g/mol. The summed E-state index contributed by atoms with van der Waals surface area (Å²) in [6.45, 7) is 2.04. The first-order valence-electron chi connectivity index (χ1n) is 10.8. The van der Waals surface area contributed by atoms with Crippen molar-refractivity contribution in [3.63, 3.8) is 0 Å². The van der Waals surface area contributed by atoms with E-state index in [4.69, 9.17) is 27.9 Å². The third-order valence-electron chi connectivity index (χ3n) is 5.13. The Labute approximate surface area is 208 Å². The fraction of sp³-hybridized carbons (Fsp3) is 0.231. The summed E-state index contributed by atoms with van der Waals surface area (Å²) in [5.41, 5.74) is 1.62. The van der Waals surface area contributed by atoms with E-state index in [2.05, 4.69) is 5.32 Å². The van der Waals surface area contributed by atoms with Crippen LogP contribution in [-0.2, 0) is 22.6 Å². The van der Waals surface area contributed by atoms with E-state index in [1.807, 2.05) is 37.3 Å². The normalized spacial score (nSPS) is 11.5. The van der Waals surface area contributed by atoms with Crippen LogP contribution in [0, 0.1) is 5.82 Å². The minimum atomic E-state index is -0.791. The highest BCUT2D eigenvalue weighted by atomic mass is 35.5. The first kappa shape index (κ1) is 25.5. The summed E-state index contributed by atoms with van der Waals surface area (Å²) in [4.78, 5) is 27.9. The van der Waals surface area contributed by atoms with E-state index in [-0.39, 0.29) is 19.1 Å². The molecule has 0 aromatic heterocycles. The maximum Gasteiger partial charge on any atom is 0.261 e. The van der Waals surface area contributed by atoms with Gasteiger partial charge in [-0.25, -0.2) is 4.39 Å². The van der Waals surface area contributed by atoms with E-state index in [0.29, 0.717) is 34.3 Å². The van der Waals surface area contributed by atoms with Crippen molar-refractivity contribution in [2.24, 2.45) is 0 Å². The molecule has 8 heteroatoms. The zero-order valence-corrected chi connectivity index (χ0v) is 20.2. The van der Waals surface area contributed by atoms with Crippen LogP contribution in [0.3, 0.4) is 0 Å². The van der Waals surface area contributed by atoms with Crippen LogP contribution in [0.4, 0.5) is 4.39 Å². The molecule has 0 heterocycles. The number of likely N-dealkylation sites (N-methyl/N-ethyl adjacent to an activating group) is 1. The van der Waals surface area contributed by atoms with Gasteiger partial charge >= 0.3 is 0 Å². The molecule has 0 aliphatic carbocycles. The summed E-state index contributed by atoms with van der Waals surface area (Å²) in [5.74, 6) is -0.731. The van der Waals surface area contributed by atoms with Crippen LogP contribution in [-0.4, -0.2) is 35.9 Å². The first-order valence-corrected chi connectivity index (χ1v) is 11.6. The van der Waals surface area contributed by atoms with Gasteiger partial charge in [-0.3, -0.25) is 9.59 Å². The van der Waals surface area contributed by atoms with Crippen molar-refractivity contribution in [3.05, 3.63) is 99.8 Å². The topological polar surface area (TPSA) is 58.6 Å². The lowest BCUT2D eigenvalue weighted by atomic mass is 10.0. The number of nitrogens with zero attached hydrogens (tertiary/aromatic N) is 1. The second-order valence-electron chi connectivity index (χ2n) is 7.61. The minimum absolute atomic E-state index is 0.122. The van der Waals surface area contributed by atoms with Crippen LogP contribution in [0.5, 0.6) is 5.75 Å². The quantitative estimate of drug-likeness (QED) is 0.409. The van der Waals surface area contributed by atoms with Crippen molar-refractivity contribution in [1.29, 1.82) is 0 Å². The van der Waals surface area contributed by atoms with Crippen LogP contribution < -0.4 is 10.1 Å². The summed E-state index contributed by atoms with van der Waals surface area (Å²) in [5, 5.41) is 3.57. The predicted octanol–water partition coefficient (Wildman–Crippen LogP) is 5.29. The van der Waals surface area contributed by atoms with Gasteiger partial charge < -0.3 is 15.0 Å². The van der Waals surface area contributed by atoms with Crippen molar-refractivity contribution in [2.75, 3.05) is 13.2 Å². The number of benzene rings is 3. The average molecular weight is 503 g/mol. The highest BCUT2D eigenvalue weighted by Gasteiger charge is 2.30. The molecule has 0 bridgehead atoms. The molecule has 3 rings (SSSR count). The SMILES string of the molecule is CCNC(=O)[C@H](Cc1ccccc1)N(Cc1ccc(Cl)c(Cl)c1)C(=O)COc1ccc(F)cc1. The third kappa shape index (κ3) is 7.20. The molecule has 0 saturated carbocycles. The Hall–Kier alpha value is -3.09. The summed E-state index contributed by atoms with van der Waals surface area (Å²) in [7, 11) is 0. The van der Waals surface area contributed by atoms with Crippen molar-refractivity contribution in [1.82, 2.24) is 10.2 Å². The van der Waals surface area contributed by atoms with Gasteiger partial charge in [-0.15, -0.1) is 0 Å². The largest absolute Gasteiger partial charge is 0.484 e. The Bertz CT molecular complexity index is 1110. The fourth-order valence-corrected chi connectivity index (χ4v) is 3.76. The zero-order valence-electron chi connectivity index (χ0n) is 18.6. The summed E-state index contributed by atoms with van der Waals surface area (Å²) in [6.07, 6.45) is 0.316. The third-order valence-corrected chi connectivity index (χ3v) is 5.87. The molecule has 0 saturated heterocycles. The molecule has 5 nitrogen and oxygen atoms in total. The Morgan fingerprint density at radius 2 is 1.68 bits per heavy atom. The van der Waals surface area contributed by atoms with Gasteiger partial charge in [0.2, 0.25) is 5.91 Å². The van der Waals surface area contributed by atoms with Crippen LogP contribution in [0.15, 0.2) is 72.8 Å².